The van der Waals surface area contributed by atoms with E-state index >= 15 is 0 Å². The number of benzene rings is 2. The average molecular weight is 430 g/mol. The third-order valence-corrected chi connectivity index (χ3v) is 4.39. The number of nitrogens with two attached hydrogens (primary N) is 1. The fraction of sp³-hybridized carbons (Fsp3) is 0.222. The topological polar surface area (TPSA) is 131 Å². The Morgan fingerprint density at radius 2 is 1.75 bits per heavy atom. The molecule has 3 N–H and O–H groups in total. The number of ether oxygens (including phenoxy) is 1. The first kappa shape index (κ1) is 25.0. The molecule has 10 heteroatoms. The summed E-state index contributed by atoms with van der Waals surface area (Å²) in [7, 11) is -4.56. The molecule has 0 saturated carbocycles. The van der Waals surface area contributed by atoms with Gasteiger partial charge >= 0.3 is 51.4 Å². The maximum Gasteiger partial charge on any atom is 1.00 e. The molecule has 0 aliphatic heterocycles. The van der Waals surface area contributed by atoms with Crippen molar-refractivity contribution in [1.82, 2.24) is 5.09 Å². The molecule has 1 unspecified atom stereocenters. The third kappa shape index (κ3) is 9.95. The van der Waals surface area contributed by atoms with E-state index in [0.717, 1.165) is 11.3 Å². The molecule has 0 aromatic heterocycles. The Morgan fingerprint density at radius 1 is 1.07 bits per heavy atom. The van der Waals surface area contributed by atoms with Crippen LogP contribution in [0.25, 0.3) is 0 Å². The number of para-hydroxylation sites is 1. The molecule has 0 saturated heterocycles. The first-order chi connectivity index (χ1) is 12.8. The number of carbonyl (C=O) groups excluding carboxylic acids is 2. The van der Waals surface area contributed by atoms with Crippen molar-refractivity contribution in [2.75, 3.05) is 6.61 Å². The zero-order valence-corrected chi connectivity index (χ0v) is 19.5. The normalized spacial score (nSPS) is 12.3. The Bertz CT molecular complexity index is 834. The van der Waals surface area contributed by atoms with Crippen molar-refractivity contribution in [3.63, 3.8) is 0 Å². The molecule has 2 aromatic rings. The van der Waals surface area contributed by atoms with Gasteiger partial charge in [0, 0.05) is 0 Å². The van der Waals surface area contributed by atoms with Gasteiger partial charge in [-0.15, -0.1) is 0 Å². The van der Waals surface area contributed by atoms with Crippen LogP contribution in [-0.2, 0) is 25.1 Å². The zero-order valence-electron chi connectivity index (χ0n) is 15.5. The maximum atomic E-state index is 11.6. The molecular formula is C18H20KN2O6P. The van der Waals surface area contributed by atoms with E-state index in [4.69, 9.17) is 15.0 Å². The molecule has 2 amide bonds. The molecule has 0 fully saturated rings. The van der Waals surface area contributed by atoms with E-state index in [1.54, 1.807) is 5.09 Å². The van der Waals surface area contributed by atoms with Crippen LogP contribution in [-0.4, -0.2) is 18.4 Å². The van der Waals surface area contributed by atoms with Crippen LogP contribution >= 0.6 is 7.75 Å². The Hall–Kier alpha value is -1.03. The SMILES string of the molecule is NC(=O)CC(=O)NP(=O)([O-])OCCCc1cccc(Oc2ccccc2)c1.[K+]. The molecule has 2 aromatic carbocycles. The summed E-state index contributed by atoms with van der Waals surface area (Å²) < 4.78 is 22.1. The minimum absolute atomic E-state index is 0. The van der Waals surface area contributed by atoms with Crippen molar-refractivity contribution in [1.29, 1.82) is 0 Å². The van der Waals surface area contributed by atoms with Crippen molar-refractivity contribution in [3.05, 3.63) is 60.2 Å². The molecule has 28 heavy (non-hydrogen) atoms. The molecule has 0 aliphatic carbocycles. The van der Waals surface area contributed by atoms with E-state index in [-0.39, 0.29) is 58.0 Å². The summed E-state index contributed by atoms with van der Waals surface area (Å²) in [5, 5.41) is 1.64. The van der Waals surface area contributed by atoms with Crippen LogP contribution in [0, 0.1) is 0 Å². The van der Waals surface area contributed by atoms with Crippen molar-refractivity contribution in [3.8, 4) is 11.5 Å². The van der Waals surface area contributed by atoms with Gasteiger partial charge in [-0.3, -0.25) is 19.2 Å². The Balaban J connectivity index is 0.00000392. The number of hydrogen-bond acceptors (Lipinski definition) is 6. The standard InChI is InChI=1S/C18H21N2O6P.K/c19-17(21)13-18(22)20-27(23,24)25-11-5-7-14-6-4-10-16(12-14)26-15-8-2-1-3-9-15;/h1-4,6,8-10,12H,5,7,11,13H2,(H2,19,21)(H2,20,22,23,24);/q;+1/p-1. The van der Waals surface area contributed by atoms with Gasteiger partial charge in [-0.25, -0.2) is 0 Å². The summed E-state index contributed by atoms with van der Waals surface area (Å²) in [4.78, 5) is 33.4. The second-order valence-corrected chi connectivity index (χ2v) is 7.15. The Kier molecular flexibility index (Phi) is 11.2. The van der Waals surface area contributed by atoms with Crippen molar-refractivity contribution < 1.29 is 79.7 Å². The van der Waals surface area contributed by atoms with Crippen LogP contribution in [0.4, 0.5) is 0 Å². The van der Waals surface area contributed by atoms with Crippen LogP contribution in [0.1, 0.15) is 18.4 Å². The smallest absolute Gasteiger partial charge is 0.762 e. The molecular weight excluding hydrogens is 410 g/mol. The fourth-order valence-electron chi connectivity index (χ4n) is 2.23. The molecule has 0 radical (unpaired) electrons. The first-order valence-electron chi connectivity index (χ1n) is 8.21. The second-order valence-electron chi connectivity index (χ2n) is 5.67. The van der Waals surface area contributed by atoms with Gasteiger partial charge in [-0.1, -0.05) is 30.3 Å². The average Bonchev–Trinajstić information content (AvgIpc) is 2.59. The summed E-state index contributed by atoms with van der Waals surface area (Å²) in [6.45, 7) is -0.110. The Morgan fingerprint density at radius 3 is 2.43 bits per heavy atom. The monoisotopic (exact) mass is 430 g/mol. The number of nitrogens with one attached hydrogen (secondary N) is 1. The summed E-state index contributed by atoms with van der Waals surface area (Å²) in [5.74, 6) is -0.554. The fourth-order valence-corrected chi connectivity index (χ4v) is 3.05. The number of aryl methyl sites for hydroxylation is 1. The molecule has 8 nitrogen and oxygen atoms in total. The number of hydrogen-bond donors (Lipinski definition) is 2. The van der Waals surface area contributed by atoms with Gasteiger partial charge < -0.3 is 19.9 Å². The van der Waals surface area contributed by atoms with Crippen molar-refractivity contribution in [2.24, 2.45) is 5.73 Å². The van der Waals surface area contributed by atoms with Crippen LogP contribution in [0.5, 0.6) is 11.5 Å². The van der Waals surface area contributed by atoms with Crippen molar-refractivity contribution in [2.45, 2.75) is 19.3 Å². The summed E-state index contributed by atoms with van der Waals surface area (Å²) in [5.41, 5.74) is 5.77. The van der Waals surface area contributed by atoms with Crippen LogP contribution in [0.3, 0.4) is 0 Å². The number of rotatable bonds is 10. The molecule has 0 heterocycles. The maximum absolute atomic E-state index is 11.6. The van der Waals surface area contributed by atoms with Crippen LogP contribution < -0.4 is 71.8 Å². The van der Waals surface area contributed by atoms with Gasteiger partial charge in [0.1, 0.15) is 17.9 Å². The number of amides is 2. The van der Waals surface area contributed by atoms with Crippen LogP contribution in [0.2, 0.25) is 0 Å². The summed E-state index contributed by atoms with van der Waals surface area (Å²) >= 11 is 0. The first-order valence-corrected chi connectivity index (χ1v) is 9.75. The van der Waals surface area contributed by atoms with E-state index in [1.165, 1.54) is 0 Å². The van der Waals surface area contributed by atoms with E-state index < -0.39 is 26.0 Å². The number of carbonyl (C=O) groups is 2. The molecule has 1 atom stereocenters. The molecule has 2 rings (SSSR count). The third-order valence-electron chi connectivity index (χ3n) is 3.34. The molecule has 0 spiro atoms. The summed E-state index contributed by atoms with van der Waals surface area (Å²) in [6, 6.07) is 16.8. The van der Waals surface area contributed by atoms with Crippen molar-refractivity contribution >= 4 is 19.6 Å². The van der Waals surface area contributed by atoms with Gasteiger partial charge in [0.15, 0.2) is 0 Å². The molecule has 0 bridgehead atoms. The quantitative estimate of drug-likeness (QED) is 0.213. The molecule has 0 aliphatic rings. The van der Waals surface area contributed by atoms with E-state index in [2.05, 4.69) is 0 Å². The molecule has 144 valence electrons. The summed E-state index contributed by atoms with van der Waals surface area (Å²) in [6.07, 6.45) is 0.248. The zero-order chi connectivity index (χ0) is 19.7. The van der Waals surface area contributed by atoms with Gasteiger partial charge in [-0.05, 0) is 42.7 Å². The van der Waals surface area contributed by atoms with Gasteiger partial charge in [-0.2, -0.15) is 0 Å². The van der Waals surface area contributed by atoms with Crippen LogP contribution in [0.15, 0.2) is 54.6 Å². The van der Waals surface area contributed by atoms with Gasteiger partial charge in [0.25, 0.3) is 0 Å². The minimum Gasteiger partial charge on any atom is -0.762 e. The van der Waals surface area contributed by atoms with E-state index in [9.17, 15) is 19.0 Å². The predicted molar refractivity (Wildman–Crippen MR) is 96.8 cm³/mol. The van der Waals surface area contributed by atoms with E-state index in [1.807, 2.05) is 54.6 Å². The largest absolute Gasteiger partial charge is 1.00 e. The Labute approximate surface area is 205 Å². The number of primary amides is 1. The predicted octanol–water partition coefficient (Wildman–Crippen LogP) is -1.11. The van der Waals surface area contributed by atoms with Gasteiger partial charge in [0.2, 0.25) is 19.6 Å². The van der Waals surface area contributed by atoms with E-state index in [0.29, 0.717) is 18.6 Å². The second kappa shape index (κ2) is 12.5. The van der Waals surface area contributed by atoms with Gasteiger partial charge in [0.05, 0.1) is 6.61 Å². The minimum atomic E-state index is -4.56.